The number of nitro groups is 1. The van der Waals surface area contributed by atoms with Gasteiger partial charge in [0.25, 0.3) is 11.2 Å². The number of hydrogen-bond acceptors (Lipinski definition) is 8. The first-order valence-electron chi connectivity index (χ1n) is 11.0. The average Bonchev–Trinajstić information content (AvgIpc) is 3.13. The molecule has 3 aromatic rings. The van der Waals surface area contributed by atoms with Gasteiger partial charge in [-0.15, -0.1) is 0 Å². The number of carbonyl (C=O) groups excluding carboxylic acids is 1. The molecule has 1 aromatic heterocycles. The van der Waals surface area contributed by atoms with Gasteiger partial charge in [-0.3, -0.25) is 19.5 Å². The summed E-state index contributed by atoms with van der Waals surface area (Å²) in [6.07, 6.45) is 1.49. The van der Waals surface area contributed by atoms with Gasteiger partial charge in [-0.2, -0.15) is 0 Å². The second-order valence-corrected chi connectivity index (χ2v) is 8.63. The van der Waals surface area contributed by atoms with Crippen molar-refractivity contribution < 1.29 is 19.2 Å². The highest BCUT2D eigenvalue weighted by Crippen LogP contribution is 2.31. The minimum absolute atomic E-state index is 0.107. The van der Waals surface area contributed by atoms with Gasteiger partial charge in [-0.1, -0.05) is 35.6 Å². The third-order valence-corrected chi connectivity index (χ3v) is 6.43. The molecular weight excluding hydrogens is 470 g/mol. The first kappa shape index (κ1) is 24.1. The van der Waals surface area contributed by atoms with Crippen molar-refractivity contribution in [1.29, 1.82) is 0 Å². The van der Waals surface area contributed by atoms with Crippen LogP contribution in [0.3, 0.4) is 0 Å². The molecule has 9 nitrogen and oxygen atoms in total. The predicted molar refractivity (Wildman–Crippen MR) is 131 cm³/mol. The van der Waals surface area contributed by atoms with Gasteiger partial charge in [0.1, 0.15) is 5.75 Å². The number of hydrogen-bond donors (Lipinski definition) is 0. The van der Waals surface area contributed by atoms with Crippen LogP contribution in [-0.2, 0) is 9.53 Å². The molecule has 35 heavy (non-hydrogen) atoms. The first-order chi connectivity index (χ1) is 16.8. The van der Waals surface area contributed by atoms with Crippen molar-refractivity contribution in [3.8, 4) is 5.75 Å². The summed E-state index contributed by atoms with van der Waals surface area (Å²) in [5.41, 5.74) is 1.19. The number of nitro benzene ring substituents is 1. The Bertz CT molecular complexity index is 1500. The molecule has 0 radical (unpaired) electrons. The van der Waals surface area contributed by atoms with Gasteiger partial charge in [-0.05, 0) is 50.6 Å². The Hall–Kier alpha value is -4.05. The molecule has 10 heteroatoms. The number of ether oxygens (including phenoxy) is 2. The molecule has 180 valence electrons. The van der Waals surface area contributed by atoms with E-state index < -0.39 is 22.5 Å². The molecule has 4 rings (SSSR count). The zero-order valence-corrected chi connectivity index (χ0v) is 20.2. The number of benzene rings is 2. The fourth-order valence-corrected chi connectivity index (χ4v) is 4.97. The van der Waals surface area contributed by atoms with Gasteiger partial charge >= 0.3 is 5.97 Å². The van der Waals surface area contributed by atoms with E-state index in [0.29, 0.717) is 34.0 Å². The van der Waals surface area contributed by atoms with E-state index in [-0.39, 0.29) is 22.4 Å². The number of fused-ring (bicyclic) bond motifs is 1. The molecule has 2 heterocycles. The van der Waals surface area contributed by atoms with Crippen molar-refractivity contribution in [2.75, 3.05) is 13.2 Å². The molecule has 0 amide bonds. The van der Waals surface area contributed by atoms with Gasteiger partial charge in [0.2, 0.25) is 0 Å². The highest BCUT2D eigenvalue weighted by atomic mass is 32.1. The molecule has 1 atom stereocenters. The smallest absolute Gasteiger partial charge is 0.338 e. The summed E-state index contributed by atoms with van der Waals surface area (Å²) in [6, 6.07) is 12.6. The number of para-hydroxylation sites is 1. The zero-order chi connectivity index (χ0) is 25.1. The van der Waals surface area contributed by atoms with Crippen LogP contribution in [-0.4, -0.2) is 28.7 Å². The second kappa shape index (κ2) is 10.1. The number of rotatable bonds is 7. The summed E-state index contributed by atoms with van der Waals surface area (Å²) < 4.78 is 12.5. The minimum Gasteiger partial charge on any atom is -0.494 e. The minimum atomic E-state index is -0.770. The molecule has 1 aliphatic rings. The van der Waals surface area contributed by atoms with Crippen LogP contribution in [0.15, 0.2) is 69.6 Å². The van der Waals surface area contributed by atoms with Crippen molar-refractivity contribution in [2.45, 2.75) is 26.8 Å². The SMILES string of the molecule is CCOC(=O)C1=C(C)N=c2s/c(=C\c3ccccc3[N+](=O)[O-])c(=O)n2C1c1ccc(OCC)cc1. The van der Waals surface area contributed by atoms with E-state index in [1.807, 2.05) is 6.92 Å². The lowest BCUT2D eigenvalue weighted by molar-refractivity contribution is -0.385. The van der Waals surface area contributed by atoms with Crippen LogP contribution in [0.5, 0.6) is 5.75 Å². The molecule has 0 bridgehead atoms. The van der Waals surface area contributed by atoms with E-state index in [1.54, 1.807) is 56.3 Å². The summed E-state index contributed by atoms with van der Waals surface area (Å²) in [6.45, 7) is 5.98. The summed E-state index contributed by atoms with van der Waals surface area (Å²) in [5, 5.41) is 11.4. The van der Waals surface area contributed by atoms with Crippen LogP contribution in [0.2, 0.25) is 0 Å². The van der Waals surface area contributed by atoms with Crippen molar-refractivity contribution in [1.82, 2.24) is 4.57 Å². The fourth-order valence-electron chi connectivity index (χ4n) is 3.94. The molecule has 0 saturated heterocycles. The van der Waals surface area contributed by atoms with Gasteiger partial charge in [-0.25, -0.2) is 9.79 Å². The number of nitrogens with zero attached hydrogens (tertiary/aromatic N) is 3. The maximum Gasteiger partial charge on any atom is 0.338 e. The van der Waals surface area contributed by atoms with E-state index in [1.165, 1.54) is 16.7 Å². The summed E-state index contributed by atoms with van der Waals surface area (Å²) >= 11 is 1.11. The molecule has 1 aliphatic heterocycles. The maximum absolute atomic E-state index is 13.6. The number of esters is 1. The number of aromatic nitrogens is 1. The van der Waals surface area contributed by atoms with Gasteiger partial charge < -0.3 is 9.47 Å². The number of thiazole rings is 1. The summed E-state index contributed by atoms with van der Waals surface area (Å²) in [4.78, 5) is 42.4. The number of carbonyl (C=O) groups is 1. The van der Waals surface area contributed by atoms with Crippen molar-refractivity contribution in [2.24, 2.45) is 4.99 Å². The molecule has 1 unspecified atom stereocenters. The largest absolute Gasteiger partial charge is 0.494 e. The predicted octanol–water partition coefficient (Wildman–Crippen LogP) is 3.11. The Kier molecular flexibility index (Phi) is 6.92. The zero-order valence-electron chi connectivity index (χ0n) is 19.4. The Labute approximate surface area is 204 Å². The monoisotopic (exact) mass is 493 g/mol. The molecule has 0 fully saturated rings. The van der Waals surface area contributed by atoms with Crippen LogP contribution in [0, 0.1) is 10.1 Å². The van der Waals surface area contributed by atoms with Crippen LogP contribution >= 0.6 is 11.3 Å². The molecule has 0 spiro atoms. The third-order valence-electron chi connectivity index (χ3n) is 5.44. The van der Waals surface area contributed by atoms with E-state index in [2.05, 4.69) is 4.99 Å². The lowest BCUT2D eigenvalue weighted by Gasteiger charge is -2.24. The topological polar surface area (TPSA) is 113 Å². The van der Waals surface area contributed by atoms with Crippen LogP contribution < -0.4 is 19.6 Å². The van der Waals surface area contributed by atoms with Gasteiger partial charge in [0.05, 0.1) is 45.5 Å². The lowest BCUT2D eigenvalue weighted by atomic mass is 9.96. The van der Waals surface area contributed by atoms with Gasteiger partial charge in [0, 0.05) is 6.07 Å². The Balaban J connectivity index is 1.94. The molecule has 0 saturated carbocycles. The highest BCUT2D eigenvalue weighted by molar-refractivity contribution is 7.07. The normalized spacial score (nSPS) is 15.4. The maximum atomic E-state index is 13.6. The quantitative estimate of drug-likeness (QED) is 0.284. The molecule has 0 aliphatic carbocycles. The standard InChI is InChI=1S/C25H23N3O6S/c1-4-33-18-12-10-16(11-13-18)22-21(24(30)34-5-2)15(3)26-25-27(22)23(29)20(35-25)14-17-8-6-7-9-19(17)28(31)32/h6-14,22H,4-5H2,1-3H3/b20-14-. The van der Waals surface area contributed by atoms with Crippen molar-refractivity contribution in [3.05, 3.63) is 101 Å². The van der Waals surface area contributed by atoms with Crippen LogP contribution in [0.4, 0.5) is 5.69 Å². The van der Waals surface area contributed by atoms with Gasteiger partial charge in [0.15, 0.2) is 4.80 Å². The van der Waals surface area contributed by atoms with Crippen molar-refractivity contribution in [3.63, 3.8) is 0 Å². The van der Waals surface area contributed by atoms with E-state index >= 15 is 0 Å². The second-order valence-electron chi connectivity index (χ2n) is 7.62. The summed E-state index contributed by atoms with van der Waals surface area (Å²) in [5.74, 6) is 0.110. The van der Waals surface area contributed by atoms with Crippen LogP contribution in [0.25, 0.3) is 6.08 Å². The average molecular weight is 494 g/mol. The lowest BCUT2D eigenvalue weighted by Crippen LogP contribution is -2.39. The van der Waals surface area contributed by atoms with E-state index in [0.717, 1.165) is 11.3 Å². The molecule has 2 aromatic carbocycles. The van der Waals surface area contributed by atoms with Crippen LogP contribution in [0.1, 0.15) is 37.9 Å². The Morgan fingerprint density at radius 2 is 1.89 bits per heavy atom. The molecular formula is C25H23N3O6S. The highest BCUT2D eigenvalue weighted by Gasteiger charge is 2.33. The Morgan fingerprint density at radius 3 is 2.54 bits per heavy atom. The number of allylic oxidation sites excluding steroid dienone is 1. The third kappa shape index (κ3) is 4.65. The van der Waals surface area contributed by atoms with E-state index in [4.69, 9.17) is 9.47 Å². The first-order valence-corrected chi connectivity index (χ1v) is 11.8. The fraction of sp³-hybridized carbons (Fsp3) is 0.240. The van der Waals surface area contributed by atoms with E-state index in [9.17, 15) is 19.7 Å². The molecule has 0 N–H and O–H groups in total. The Morgan fingerprint density at radius 1 is 1.17 bits per heavy atom. The summed E-state index contributed by atoms with van der Waals surface area (Å²) in [7, 11) is 0. The van der Waals surface area contributed by atoms with Crippen molar-refractivity contribution >= 4 is 29.1 Å².